The van der Waals surface area contributed by atoms with Crippen molar-refractivity contribution in [3.05, 3.63) is 64.7 Å². The molecular weight excluding hydrogens is 344 g/mol. The molecule has 0 aliphatic carbocycles. The van der Waals surface area contributed by atoms with Gasteiger partial charge in [0.05, 0.1) is 23.4 Å². The average molecular weight is 361 g/mol. The Balaban J connectivity index is 1.81. The van der Waals surface area contributed by atoms with Gasteiger partial charge in [0.2, 0.25) is 0 Å². The second-order valence-electron chi connectivity index (χ2n) is 4.85. The number of benzene rings is 2. The van der Waals surface area contributed by atoms with Gasteiger partial charge < -0.3 is 9.47 Å². The lowest BCUT2D eigenvalue weighted by molar-refractivity contribution is -0.123. The molecule has 0 radical (unpaired) electrons. The van der Waals surface area contributed by atoms with Crippen molar-refractivity contribution in [1.82, 2.24) is 5.43 Å². The van der Waals surface area contributed by atoms with Gasteiger partial charge >= 0.3 is 5.97 Å². The smallest absolute Gasteiger partial charge is 0.338 e. The molecule has 0 unspecified atom stereocenters. The summed E-state index contributed by atoms with van der Waals surface area (Å²) in [6.45, 7) is 1.87. The third-order valence-corrected chi connectivity index (χ3v) is 3.33. The van der Waals surface area contributed by atoms with E-state index in [0.29, 0.717) is 22.9 Å². The molecule has 2 aromatic carbocycles. The number of carbonyl (C=O) groups is 2. The van der Waals surface area contributed by atoms with Gasteiger partial charge in [-0.1, -0.05) is 35.9 Å². The van der Waals surface area contributed by atoms with E-state index in [9.17, 15) is 9.59 Å². The number of rotatable bonds is 7. The first kappa shape index (κ1) is 18.5. The molecule has 0 saturated carbocycles. The van der Waals surface area contributed by atoms with Crippen LogP contribution in [-0.2, 0) is 9.53 Å². The normalized spacial score (nSPS) is 10.5. The van der Waals surface area contributed by atoms with Crippen LogP contribution in [0.2, 0.25) is 5.02 Å². The summed E-state index contributed by atoms with van der Waals surface area (Å²) in [5, 5.41) is 4.26. The van der Waals surface area contributed by atoms with E-state index in [2.05, 4.69) is 10.5 Å². The number of carbonyl (C=O) groups excluding carboxylic acids is 2. The molecule has 0 aliphatic rings. The molecule has 1 N–H and O–H groups in total. The number of halogens is 1. The maximum absolute atomic E-state index is 11.7. The molecule has 6 nitrogen and oxygen atoms in total. The molecule has 0 spiro atoms. The van der Waals surface area contributed by atoms with E-state index in [1.54, 1.807) is 55.5 Å². The molecule has 7 heteroatoms. The summed E-state index contributed by atoms with van der Waals surface area (Å²) in [6, 6.07) is 13.5. The number of esters is 1. The van der Waals surface area contributed by atoms with Gasteiger partial charge in [0, 0.05) is 0 Å². The second-order valence-corrected chi connectivity index (χ2v) is 5.26. The standard InChI is InChI=1S/C18H17ClN2O4/c1-2-24-18(23)14-9-7-13(8-10-14)11-20-21-17(22)12-25-16-6-4-3-5-15(16)19/h3-11H,2,12H2,1H3,(H,21,22)/b20-11-. The molecule has 1 amide bonds. The highest BCUT2D eigenvalue weighted by Gasteiger charge is 2.06. The maximum Gasteiger partial charge on any atom is 0.338 e. The third kappa shape index (κ3) is 5.93. The van der Waals surface area contributed by atoms with E-state index in [0.717, 1.165) is 5.56 Å². The zero-order valence-electron chi connectivity index (χ0n) is 13.6. The zero-order chi connectivity index (χ0) is 18.1. The van der Waals surface area contributed by atoms with Crippen LogP contribution in [0.25, 0.3) is 0 Å². The first-order chi connectivity index (χ1) is 12.1. The highest BCUT2D eigenvalue weighted by Crippen LogP contribution is 2.22. The minimum Gasteiger partial charge on any atom is -0.482 e. The molecule has 0 aliphatic heterocycles. The Bertz CT molecular complexity index is 760. The van der Waals surface area contributed by atoms with Gasteiger partial charge in [-0.25, -0.2) is 10.2 Å². The Morgan fingerprint density at radius 2 is 1.88 bits per heavy atom. The SMILES string of the molecule is CCOC(=O)c1ccc(/C=N\NC(=O)COc2ccccc2Cl)cc1. The van der Waals surface area contributed by atoms with Crippen molar-refractivity contribution < 1.29 is 19.1 Å². The quantitative estimate of drug-likeness (QED) is 0.467. The minimum absolute atomic E-state index is 0.205. The monoisotopic (exact) mass is 360 g/mol. The number of hydrogen-bond acceptors (Lipinski definition) is 5. The predicted octanol–water partition coefficient (Wildman–Crippen LogP) is 3.05. The van der Waals surface area contributed by atoms with Crippen LogP contribution < -0.4 is 10.2 Å². The highest BCUT2D eigenvalue weighted by atomic mass is 35.5. The zero-order valence-corrected chi connectivity index (χ0v) is 14.3. The van der Waals surface area contributed by atoms with Crippen LogP contribution in [0.1, 0.15) is 22.8 Å². The molecule has 0 aromatic heterocycles. The molecular formula is C18H17ClN2O4. The summed E-state index contributed by atoms with van der Waals surface area (Å²) < 4.78 is 10.2. The summed E-state index contributed by atoms with van der Waals surface area (Å²) >= 11 is 5.93. The van der Waals surface area contributed by atoms with Gasteiger partial charge in [0.1, 0.15) is 5.75 Å². The second kappa shape index (κ2) is 9.44. The van der Waals surface area contributed by atoms with Crippen LogP contribution in [0.3, 0.4) is 0 Å². The molecule has 0 atom stereocenters. The van der Waals surface area contributed by atoms with Gasteiger partial charge in [-0.2, -0.15) is 5.10 Å². The summed E-state index contributed by atoms with van der Waals surface area (Å²) in [7, 11) is 0. The first-order valence-corrected chi connectivity index (χ1v) is 7.94. The van der Waals surface area contributed by atoms with Crippen molar-refractivity contribution in [2.24, 2.45) is 5.10 Å². The number of hydrazone groups is 1. The fourth-order valence-electron chi connectivity index (χ4n) is 1.84. The predicted molar refractivity (Wildman–Crippen MR) is 95.1 cm³/mol. The number of amides is 1. The summed E-state index contributed by atoms with van der Waals surface area (Å²) in [4.78, 5) is 23.2. The largest absolute Gasteiger partial charge is 0.482 e. The van der Waals surface area contributed by atoms with Gasteiger partial charge in [-0.15, -0.1) is 0 Å². The Morgan fingerprint density at radius 1 is 1.16 bits per heavy atom. The van der Waals surface area contributed by atoms with Crippen LogP contribution in [0.4, 0.5) is 0 Å². The molecule has 0 bridgehead atoms. The Morgan fingerprint density at radius 3 is 2.56 bits per heavy atom. The molecule has 130 valence electrons. The van der Waals surface area contributed by atoms with Crippen LogP contribution in [-0.4, -0.2) is 31.3 Å². The van der Waals surface area contributed by atoms with Crippen LogP contribution >= 0.6 is 11.6 Å². The number of nitrogens with zero attached hydrogens (tertiary/aromatic N) is 1. The number of para-hydroxylation sites is 1. The van der Waals surface area contributed by atoms with Crippen molar-refractivity contribution in [1.29, 1.82) is 0 Å². The van der Waals surface area contributed by atoms with Gasteiger partial charge in [-0.05, 0) is 36.8 Å². The van der Waals surface area contributed by atoms with E-state index in [1.165, 1.54) is 6.21 Å². The highest BCUT2D eigenvalue weighted by molar-refractivity contribution is 6.32. The van der Waals surface area contributed by atoms with Crippen molar-refractivity contribution >= 4 is 29.7 Å². The lowest BCUT2D eigenvalue weighted by atomic mass is 10.1. The third-order valence-electron chi connectivity index (χ3n) is 3.02. The van der Waals surface area contributed by atoms with E-state index in [4.69, 9.17) is 21.1 Å². The number of hydrogen-bond donors (Lipinski definition) is 1. The van der Waals surface area contributed by atoms with Crippen molar-refractivity contribution in [2.45, 2.75) is 6.92 Å². The van der Waals surface area contributed by atoms with E-state index in [-0.39, 0.29) is 12.6 Å². The Kier molecular flexibility index (Phi) is 6.98. The van der Waals surface area contributed by atoms with E-state index >= 15 is 0 Å². The topological polar surface area (TPSA) is 77.0 Å². The van der Waals surface area contributed by atoms with Crippen molar-refractivity contribution in [3.63, 3.8) is 0 Å². The van der Waals surface area contributed by atoms with E-state index < -0.39 is 5.91 Å². The number of ether oxygens (including phenoxy) is 2. The Labute approximate surface area is 150 Å². The van der Waals surface area contributed by atoms with Gasteiger partial charge in [-0.3, -0.25) is 4.79 Å². The lowest BCUT2D eigenvalue weighted by Gasteiger charge is -2.06. The summed E-state index contributed by atoms with van der Waals surface area (Å²) in [5.41, 5.74) is 3.53. The van der Waals surface area contributed by atoms with Crippen LogP contribution in [0.5, 0.6) is 5.75 Å². The first-order valence-electron chi connectivity index (χ1n) is 7.56. The summed E-state index contributed by atoms with van der Waals surface area (Å²) in [6.07, 6.45) is 1.46. The summed E-state index contributed by atoms with van der Waals surface area (Å²) in [5.74, 6) is -0.367. The Hall–Kier alpha value is -2.86. The van der Waals surface area contributed by atoms with E-state index in [1.807, 2.05) is 0 Å². The molecule has 25 heavy (non-hydrogen) atoms. The number of nitrogens with one attached hydrogen (secondary N) is 1. The molecule has 0 fully saturated rings. The van der Waals surface area contributed by atoms with Crippen molar-refractivity contribution in [2.75, 3.05) is 13.2 Å². The van der Waals surface area contributed by atoms with Crippen molar-refractivity contribution in [3.8, 4) is 5.75 Å². The van der Waals surface area contributed by atoms with Gasteiger partial charge in [0.25, 0.3) is 5.91 Å². The molecule has 2 aromatic rings. The fourth-order valence-corrected chi connectivity index (χ4v) is 2.03. The average Bonchev–Trinajstić information content (AvgIpc) is 2.62. The van der Waals surface area contributed by atoms with Crippen LogP contribution in [0.15, 0.2) is 53.6 Å². The minimum atomic E-state index is -0.417. The molecule has 0 saturated heterocycles. The maximum atomic E-state index is 11.7. The van der Waals surface area contributed by atoms with Crippen LogP contribution in [0, 0.1) is 0 Å². The lowest BCUT2D eigenvalue weighted by Crippen LogP contribution is -2.24. The molecule has 2 rings (SSSR count). The van der Waals surface area contributed by atoms with Gasteiger partial charge in [0.15, 0.2) is 6.61 Å². The fraction of sp³-hybridized carbons (Fsp3) is 0.167. The molecule has 0 heterocycles.